The number of anilines is 1. The summed E-state index contributed by atoms with van der Waals surface area (Å²) in [6.07, 6.45) is 2.61. The summed E-state index contributed by atoms with van der Waals surface area (Å²) in [5, 5.41) is 3.26. The molecule has 0 saturated carbocycles. The van der Waals surface area contributed by atoms with Crippen molar-refractivity contribution in [2.45, 2.75) is 20.3 Å². The van der Waals surface area contributed by atoms with Crippen molar-refractivity contribution >= 4 is 79.4 Å². The van der Waals surface area contributed by atoms with Crippen molar-refractivity contribution in [3.05, 3.63) is 56.4 Å². The highest BCUT2D eigenvalue weighted by Crippen LogP contribution is 2.39. The fraction of sp³-hybridized carbons (Fsp3) is 0.261. The molecule has 1 saturated heterocycles. The lowest BCUT2D eigenvalue weighted by Gasteiger charge is -2.15. The van der Waals surface area contributed by atoms with Gasteiger partial charge in [-0.15, -0.1) is 0 Å². The van der Waals surface area contributed by atoms with Crippen molar-refractivity contribution in [1.29, 1.82) is 0 Å². The van der Waals surface area contributed by atoms with Gasteiger partial charge in [0.05, 0.1) is 16.0 Å². The zero-order valence-corrected chi connectivity index (χ0v) is 22.0. The molecule has 3 rings (SSSR count). The van der Waals surface area contributed by atoms with Crippen molar-refractivity contribution in [3.63, 3.8) is 0 Å². The van der Waals surface area contributed by atoms with Gasteiger partial charge in [0.15, 0.2) is 18.1 Å². The van der Waals surface area contributed by atoms with Crippen molar-refractivity contribution in [2.24, 2.45) is 0 Å². The number of nitrogens with zero attached hydrogens (tertiary/aromatic N) is 1. The molecule has 174 valence electrons. The summed E-state index contributed by atoms with van der Waals surface area (Å²) in [5.74, 6) is 0.417. The summed E-state index contributed by atoms with van der Waals surface area (Å²) in [4.78, 5) is 27.1. The number of benzene rings is 2. The van der Waals surface area contributed by atoms with Crippen LogP contribution in [0.4, 0.5) is 5.69 Å². The van der Waals surface area contributed by atoms with E-state index in [-0.39, 0.29) is 18.4 Å². The van der Waals surface area contributed by atoms with Crippen molar-refractivity contribution in [1.82, 2.24) is 4.90 Å². The molecule has 1 N–H and O–H groups in total. The van der Waals surface area contributed by atoms with E-state index in [4.69, 9.17) is 33.3 Å². The SMILES string of the molecule is CCCN1C(=O)/C(=C/c2cc(Br)c(OCC(=O)Nc3cccc(Cl)c3)c(OCC)c2)SC1=S. The molecule has 1 aliphatic heterocycles. The molecule has 33 heavy (non-hydrogen) atoms. The first-order chi connectivity index (χ1) is 15.8. The number of carbonyl (C=O) groups is 2. The van der Waals surface area contributed by atoms with Gasteiger partial charge in [0.2, 0.25) is 0 Å². The molecule has 0 radical (unpaired) electrons. The van der Waals surface area contributed by atoms with Crippen LogP contribution in [0.1, 0.15) is 25.8 Å². The summed E-state index contributed by atoms with van der Waals surface area (Å²) >= 11 is 16.1. The summed E-state index contributed by atoms with van der Waals surface area (Å²) in [7, 11) is 0. The van der Waals surface area contributed by atoms with Crippen LogP contribution in [0.2, 0.25) is 5.02 Å². The van der Waals surface area contributed by atoms with Gasteiger partial charge in [-0.2, -0.15) is 0 Å². The number of thioether (sulfide) groups is 1. The van der Waals surface area contributed by atoms with Gasteiger partial charge in [0.25, 0.3) is 11.8 Å². The molecule has 0 bridgehead atoms. The fourth-order valence-electron chi connectivity index (χ4n) is 3.04. The molecule has 6 nitrogen and oxygen atoms in total. The Hall–Kier alpha value is -2.07. The van der Waals surface area contributed by atoms with Gasteiger partial charge in [-0.25, -0.2) is 0 Å². The summed E-state index contributed by atoms with van der Waals surface area (Å²) < 4.78 is 12.6. The number of halogens is 2. The van der Waals surface area contributed by atoms with Crippen LogP contribution in [0, 0.1) is 0 Å². The highest BCUT2D eigenvalue weighted by molar-refractivity contribution is 9.10. The van der Waals surface area contributed by atoms with Crippen LogP contribution in [0.5, 0.6) is 11.5 Å². The molecule has 10 heteroatoms. The first-order valence-corrected chi connectivity index (χ1v) is 12.6. The number of thiocarbonyl (C=S) groups is 1. The maximum atomic E-state index is 12.7. The van der Waals surface area contributed by atoms with Crippen LogP contribution in [-0.2, 0) is 9.59 Å². The Kier molecular flexibility index (Phi) is 9.19. The minimum atomic E-state index is -0.338. The summed E-state index contributed by atoms with van der Waals surface area (Å²) in [6, 6.07) is 10.4. The van der Waals surface area contributed by atoms with Crippen molar-refractivity contribution < 1.29 is 19.1 Å². The molecule has 0 aliphatic carbocycles. The third-order valence-corrected chi connectivity index (χ3v) is 6.61. The fourth-order valence-corrected chi connectivity index (χ4v) is 5.12. The molecule has 0 atom stereocenters. The maximum Gasteiger partial charge on any atom is 0.266 e. The van der Waals surface area contributed by atoms with Crippen LogP contribution in [0.3, 0.4) is 0 Å². The number of ether oxygens (including phenoxy) is 2. The second-order valence-corrected chi connectivity index (χ2v) is 9.91. The van der Waals surface area contributed by atoms with Gasteiger partial charge in [-0.1, -0.05) is 48.6 Å². The van der Waals surface area contributed by atoms with E-state index in [9.17, 15) is 9.59 Å². The molecule has 1 aliphatic rings. The third kappa shape index (κ3) is 6.72. The molecule has 0 unspecified atom stereocenters. The number of amides is 2. The Balaban J connectivity index is 1.76. The first kappa shape index (κ1) is 25.6. The van der Waals surface area contributed by atoms with Gasteiger partial charge < -0.3 is 14.8 Å². The van der Waals surface area contributed by atoms with E-state index in [2.05, 4.69) is 21.2 Å². The predicted octanol–water partition coefficient (Wildman–Crippen LogP) is 6.13. The highest BCUT2D eigenvalue weighted by Gasteiger charge is 2.31. The zero-order valence-electron chi connectivity index (χ0n) is 18.0. The van der Waals surface area contributed by atoms with Gasteiger partial charge in [-0.3, -0.25) is 14.5 Å². The van der Waals surface area contributed by atoms with E-state index in [1.807, 2.05) is 13.8 Å². The van der Waals surface area contributed by atoms with Gasteiger partial charge >= 0.3 is 0 Å². The van der Waals surface area contributed by atoms with E-state index in [0.29, 0.717) is 49.1 Å². The molecule has 1 heterocycles. The van der Waals surface area contributed by atoms with Crippen LogP contribution in [0.15, 0.2) is 45.8 Å². The Bertz CT molecular complexity index is 1110. The Morgan fingerprint density at radius 2 is 2.06 bits per heavy atom. The number of rotatable bonds is 9. The van der Waals surface area contributed by atoms with E-state index in [1.54, 1.807) is 47.4 Å². The zero-order chi connectivity index (χ0) is 24.0. The first-order valence-electron chi connectivity index (χ1n) is 10.2. The Labute approximate surface area is 215 Å². The van der Waals surface area contributed by atoms with Crippen LogP contribution >= 0.6 is 51.5 Å². The van der Waals surface area contributed by atoms with E-state index in [1.165, 1.54) is 11.8 Å². The molecular weight excluding hydrogens is 548 g/mol. The monoisotopic (exact) mass is 568 g/mol. The number of nitrogens with one attached hydrogen (secondary N) is 1. The van der Waals surface area contributed by atoms with Gasteiger partial charge in [-0.05, 0) is 71.2 Å². The van der Waals surface area contributed by atoms with Crippen LogP contribution in [0.25, 0.3) is 6.08 Å². The van der Waals surface area contributed by atoms with Gasteiger partial charge in [0.1, 0.15) is 4.32 Å². The smallest absolute Gasteiger partial charge is 0.266 e. The normalized spacial score (nSPS) is 14.7. The standard InChI is InChI=1S/C23H22BrClN2O4S2/c1-3-8-27-22(29)19(33-23(27)32)11-14-9-17(24)21(18(10-14)30-4-2)31-13-20(28)26-16-7-5-6-15(25)12-16/h5-7,9-12H,3-4,8,13H2,1-2H3,(H,26,28)/b19-11-. The average molecular weight is 570 g/mol. The summed E-state index contributed by atoms with van der Waals surface area (Å²) in [6.45, 7) is 4.63. The van der Waals surface area contributed by atoms with Crippen LogP contribution in [-0.4, -0.2) is 40.8 Å². The molecule has 2 aromatic rings. The number of carbonyl (C=O) groups excluding carboxylic acids is 2. The van der Waals surface area contributed by atoms with E-state index in [0.717, 1.165) is 12.0 Å². The second kappa shape index (κ2) is 11.9. The molecule has 0 spiro atoms. The molecular formula is C23H22BrClN2O4S2. The highest BCUT2D eigenvalue weighted by atomic mass is 79.9. The van der Waals surface area contributed by atoms with E-state index >= 15 is 0 Å². The molecule has 1 fully saturated rings. The third-order valence-electron chi connectivity index (χ3n) is 4.41. The number of hydrogen-bond acceptors (Lipinski definition) is 6. The lowest BCUT2D eigenvalue weighted by atomic mass is 10.2. The van der Waals surface area contributed by atoms with Crippen molar-refractivity contribution in [2.75, 3.05) is 25.1 Å². The molecule has 2 amide bonds. The van der Waals surface area contributed by atoms with Crippen LogP contribution < -0.4 is 14.8 Å². The quantitative estimate of drug-likeness (QED) is 0.289. The lowest BCUT2D eigenvalue weighted by Crippen LogP contribution is -2.28. The van der Waals surface area contributed by atoms with Gasteiger partial charge in [0, 0.05) is 17.3 Å². The minimum Gasteiger partial charge on any atom is -0.490 e. The second-order valence-electron chi connectivity index (χ2n) is 6.94. The predicted molar refractivity (Wildman–Crippen MR) is 141 cm³/mol. The average Bonchev–Trinajstić information content (AvgIpc) is 3.01. The topological polar surface area (TPSA) is 67.9 Å². The minimum absolute atomic E-state index is 0.0982. The maximum absolute atomic E-state index is 12.7. The van der Waals surface area contributed by atoms with Crippen molar-refractivity contribution in [3.8, 4) is 11.5 Å². The van der Waals surface area contributed by atoms with E-state index < -0.39 is 0 Å². The lowest BCUT2D eigenvalue weighted by molar-refractivity contribution is -0.122. The molecule has 0 aromatic heterocycles. The Morgan fingerprint density at radius 1 is 1.27 bits per heavy atom. The number of hydrogen-bond donors (Lipinski definition) is 1. The summed E-state index contributed by atoms with van der Waals surface area (Å²) in [5.41, 5.74) is 1.33. The Morgan fingerprint density at radius 3 is 2.76 bits per heavy atom. The largest absolute Gasteiger partial charge is 0.490 e. The molecule has 2 aromatic carbocycles.